The van der Waals surface area contributed by atoms with Gasteiger partial charge >= 0.3 is 0 Å². The van der Waals surface area contributed by atoms with E-state index in [2.05, 4.69) is 6.07 Å². The van der Waals surface area contributed by atoms with Gasteiger partial charge in [-0.15, -0.1) is 0 Å². The van der Waals surface area contributed by atoms with Crippen LogP contribution in [0, 0.1) is 11.3 Å². The number of nitriles is 1. The van der Waals surface area contributed by atoms with Crippen LogP contribution in [0.3, 0.4) is 0 Å². The summed E-state index contributed by atoms with van der Waals surface area (Å²) < 4.78 is 5.01. The molecule has 2 nitrogen and oxygen atoms in total. The van der Waals surface area contributed by atoms with Crippen LogP contribution in [0.2, 0.25) is 5.02 Å². The van der Waals surface area contributed by atoms with Gasteiger partial charge in [0.15, 0.2) is 0 Å². The second-order valence-electron chi connectivity index (χ2n) is 2.75. The van der Waals surface area contributed by atoms with Crippen LogP contribution < -0.4 is 0 Å². The average molecular weight is 208 g/mol. The first kappa shape index (κ1) is 10.6. The minimum atomic E-state index is 0.532. The summed E-state index contributed by atoms with van der Waals surface area (Å²) in [5, 5.41) is 9.58. The molecule has 0 aliphatic rings. The van der Waals surface area contributed by atoms with Gasteiger partial charge < -0.3 is 4.74 Å². The van der Waals surface area contributed by atoms with Gasteiger partial charge in [0.1, 0.15) is 11.8 Å². The monoisotopic (exact) mass is 207 g/mol. The minimum Gasteiger partial charge on any atom is -0.500 e. The molecule has 14 heavy (non-hydrogen) atoms. The second-order valence-corrected chi connectivity index (χ2v) is 3.19. The summed E-state index contributed by atoms with van der Waals surface area (Å²) in [4.78, 5) is 0. The third-order valence-corrected chi connectivity index (χ3v) is 2.15. The zero-order valence-corrected chi connectivity index (χ0v) is 8.80. The lowest BCUT2D eigenvalue weighted by Crippen LogP contribution is -1.88. The molecule has 72 valence electrons. The van der Waals surface area contributed by atoms with Crippen molar-refractivity contribution in [2.45, 2.75) is 6.92 Å². The van der Waals surface area contributed by atoms with Crippen LogP contribution in [0.25, 0.3) is 5.57 Å². The normalized spacial score (nSPS) is 11.6. The Morgan fingerprint density at radius 2 is 1.93 bits per heavy atom. The number of nitrogens with zero attached hydrogens (tertiary/aromatic N) is 1. The Hall–Kier alpha value is -1.46. The Morgan fingerprint density at radius 3 is 2.36 bits per heavy atom. The van der Waals surface area contributed by atoms with Gasteiger partial charge in [-0.2, -0.15) is 5.26 Å². The second kappa shape index (κ2) is 4.69. The first-order chi connectivity index (χ1) is 6.69. The molecule has 0 amide bonds. The molecular formula is C11H10ClNO. The van der Waals surface area contributed by atoms with Crippen molar-refractivity contribution < 1.29 is 4.74 Å². The molecule has 0 aromatic heterocycles. The van der Waals surface area contributed by atoms with Gasteiger partial charge in [-0.25, -0.2) is 0 Å². The summed E-state index contributed by atoms with van der Waals surface area (Å²) in [5.41, 5.74) is 1.35. The molecule has 0 spiro atoms. The van der Waals surface area contributed by atoms with Crippen molar-refractivity contribution in [2.75, 3.05) is 7.11 Å². The molecule has 0 aliphatic heterocycles. The minimum absolute atomic E-state index is 0.532. The first-order valence-corrected chi connectivity index (χ1v) is 4.47. The topological polar surface area (TPSA) is 33.0 Å². The van der Waals surface area contributed by atoms with E-state index in [1.807, 2.05) is 0 Å². The van der Waals surface area contributed by atoms with Crippen molar-refractivity contribution in [2.24, 2.45) is 0 Å². The van der Waals surface area contributed by atoms with E-state index >= 15 is 0 Å². The van der Waals surface area contributed by atoms with E-state index in [1.54, 1.807) is 38.3 Å². The lowest BCUT2D eigenvalue weighted by atomic mass is 10.1. The number of ether oxygens (including phenoxy) is 1. The van der Waals surface area contributed by atoms with Crippen LogP contribution in [0.5, 0.6) is 0 Å². The maximum absolute atomic E-state index is 8.93. The summed E-state index contributed by atoms with van der Waals surface area (Å²) in [6, 6.07) is 9.18. The third kappa shape index (κ3) is 2.27. The Bertz CT molecular complexity index is 387. The fourth-order valence-electron chi connectivity index (χ4n) is 1.07. The van der Waals surface area contributed by atoms with Gasteiger partial charge in [0.2, 0.25) is 0 Å². The van der Waals surface area contributed by atoms with Crippen molar-refractivity contribution in [3.8, 4) is 6.07 Å². The predicted octanol–water partition coefficient (Wildman–Crippen LogP) is 3.24. The number of benzene rings is 1. The highest BCUT2D eigenvalue weighted by Crippen LogP contribution is 2.20. The van der Waals surface area contributed by atoms with Gasteiger partial charge in [-0.05, 0) is 24.6 Å². The zero-order valence-electron chi connectivity index (χ0n) is 8.04. The van der Waals surface area contributed by atoms with Gasteiger partial charge in [-0.3, -0.25) is 0 Å². The standard InChI is InChI=1S/C11H10ClNO/c1-8(14-2)11(7-13)9-3-5-10(12)6-4-9/h3-6H,1-2H3/b11-8-. The zero-order chi connectivity index (χ0) is 10.6. The average Bonchev–Trinajstić information content (AvgIpc) is 2.21. The van der Waals surface area contributed by atoms with Crippen LogP contribution in [0.15, 0.2) is 30.0 Å². The molecule has 0 aliphatic carbocycles. The Kier molecular flexibility index (Phi) is 3.55. The van der Waals surface area contributed by atoms with E-state index < -0.39 is 0 Å². The largest absolute Gasteiger partial charge is 0.500 e. The van der Waals surface area contributed by atoms with Crippen molar-refractivity contribution in [3.05, 3.63) is 40.6 Å². The van der Waals surface area contributed by atoms with Crippen molar-refractivity contribution in [1.82, 2.24) is 0 Å². The number of rotatable bonds is 2. The van der Waals surface area contributed by atoms with Crippen LogP contribution in [-0.2, 0) is 4.74 Å². The lowest BCUT2D eigenvalue weighted by molar-refractivity contribution is 0.296. The van der Waals surface area contributed by atoms with Crippen LogP contribution in [0.4, 0.5) is 0 Å². The molecule has 1 aromatic carbocycles. The Balaban J connectivity index is 3.16. The smallest absolute Gasteiger partial charge is 0.111 e. The predicted molar refractivity (Wildman–Crippen MR) is 56.7 cm³/mol. The van der Waals surface area contributed by atoms with Gasteiger partial charge in [0.05, 0.1) is 12.7 Å². The fraction of sp³-hybridized carbons (Fsp3) is 0.182. The highest BCUT2D eigenvalue weighted by Gasteiger charge is 2.05. The number of hydrogen-bond donors (Lipinski definition) is 0. The van der Waals surface area contributed by atoms with E-state index in [9.17, 15) is 0 Å². The number of hydrogen-bond acceptors (Lipinski definition) is 2. The maximum atomic E-state index is 8.93. The highest BCUT2D eigenvalue weighted by atomic mass is 35.5. The van der Waals surface area contributed by atoms with E-state index in [4.69, 9.17) is 21.6 Å². The van der Waals surface area contributed by atoms with Crippen LogP contribution in [0.1, 0.15) is 12.5 Å². The molecule has 0 fully saturated rings. The molecular weight excluding hydrogens is 198 g/mol. The van der Waals surface area contributed by atoms with Crippen LogP contribution in [-0.4, -0.2) is 7.11 Å². The van der Waals surface area contributed by atoms with E-state index in [0.29, 0.717) is 16.4 Å². The molecule has 0 atom stereocenters. The van der Waals surface area contributed by atoms with Gasteiger partial charge in [-0.1, -0.05) is 23.7 Å². The van der Waals surface area contributed by atoms with Crippen molar-refractivity contribution >= 4 is 17.2 Å². The summed E-state index contributed by atoms with van der Waals surface area (Å²) in [5.74, 6) is 0.606. The molecule has 0 N–H and O–H groups in total. The number of methoxy groups -OCH3 is 1. The van der Waals surface area contributed by atoms with Gasteiger partial charge in [0, 0.05) is 5.02 Å². The van der Waals surface area contributed by atoms with Gasteiger partial charge in [0.25, 0.3) is 0 Å². The summed E-state index contributed by atoms with van der Waals surface area (Å²) >= 11 is 5.74. The van der Waals surface area contributed by atoms with E-state index in [1.165, 1.54) is 0 Å². The maximum Gasteiger partial charge on any atom is 0.111 e. The van der Waals surface area contributed by atoms with E-state index in [0.717, 1.165) is 5.56 Å². The molecule has 0 saturated carbocycles. The molecule has 1 rings (SSSR count). The number of halogens is 1. The summed E-state index contributed by atoms with van der Waals surface area (Å²) in [6.45, 7) is 1.76. The summed E-state index contributed by atoms with van der Waals surface area (Å²) in [6.07, 6.45) is 0. The Labute approximate surface area is 88.4 Å². The first-order valence-electron chi connectivity index (χ1n) is 4.10. The molecule has 1 aromatic rings. The molecule has 0 bridgehead atoms. The molecule has 0 saturated heterocycles. The van der Waals surface area contributed by atoms with E-state index in [-0.39, 0.29) is 0 Å². The summed E-state index contributed by atoms with van der Waals surface area (Å²) in [7, 11) is 1.54. The lowest BCUT2D eigenvalue weighted by Gasteiger charge is -2.04. The fourth-order valence-corrected chi connectivity index (χ4v) is 1.19. The highest BCUT2D eigenvalue weighted by molar-refractivity contribution is 6.30. The van der Waals surface area contributed by atoms with Crippen LogP contribution >= 0.6 is 11.6 Å². The quantitative estimate of drug-likeness (QED) is 0.551. The third-order valence-electron chi connectivity index (χ3n) is 1.90. The molecule has 0 heterocycles. The Morgan fingerprint density at radius 1 is 1.36 bits per heavy atom. The number of allylic oxidation sites excluding steroid dienone is 2. The molecule has 3 heteroatoms. The molecule has 0 unspecified atom stereocenters. The molecule has 0 radical (unpaired) electrons. The van der Waals surface area contributed by atoms with Crippen molar-refractivity contribution in [3.63, 3.8) is 0 Å². The SMILES string of the molecule is CO/C(C)=C(/C#N)c1ccc(Cl)cc1. The van der Waals surface area contributed by atoms with Crippen molar-refractivity contribution in [1.29, 1.82) is 5.26 Å².